The summed E-state index contributed by atoms with van der Waals surface area (Å²) >= 11 is 1.41. The van der Waals surface area contributed by atoms with Gasteiger partial charge in [-0.2, -0.15) is 0 Å². The Labute approximate surface area is 236 Å². The summed E-state index contributed by atoms with van der Waals surface area (Å²) in [6, 6.07) is 18.0. The Morgan fingerprint density at radius 1 is 0.975 bits per heavy atom. The zero-order chi connectivity index (χ0) is 27.2. The van der Waals surface area contributed by atoms with Gasteiger partial charge in [-0.15, -0.1) is 0 Å². The molecule has 0 radical (unpaired) electrons. The number of hydrogen-bond donors (Lipinski definition) is 0. The second-order valence-corrected chi connectivity index (χ2v) is 11.5. The highest BCUT2D eigenvalue weighted by atomic mass is 32.1. The summed E-state index contributed by atoms with van der Waals surface area (Å²) in [5, 5.41) is 0. The maximum absolute atomic E-state index is 14.1. The van der Waals surface area contributed by atoms with Crippen molar-refractivity contribution in [2.24, 2.45) is 4.99 Å². The Morgan fingerprint density at radius 2 is 1.80 bits per heavy atom. The number of hydrogen-bond acceptors (Lipinski definition) is 7. The number of methoxy groups -OCH3 is 2. The summed E-state index contributed by atoms with van der Waals surface area (Å²) in [7, 11) is 3.26. The van der Waals surface area contributed by atoms with E-state index in [9.17, 15) is 4.79 Å². The quantitative estimate of drug-likeness (QED) is 0.351. The van der Waals surface area contributed by atoms with Gasteiger partial charge >= 0.3 is 0 Å². The number of thiazole rings is 1. The minimum atomic E-state index is -0.290. The van der Waals surface area contributed by atoms with Gasteiger partial charge in [0.2, 0.25) is 0 Å². The maximum Gasteiger partial charge on any atom is 0.271 e. The Balaban J connectivity index is 1.39. The minimum absolute atomic E-state index is 0.0649. The van der Waals surface area contributed by atoms with Gasteiger partial charge in [-0.25, -0.2) is 4.99 Å². The van der Waals surface area contributed by atoms with Crippen LogP contribution in [0.1, 0.15) is 54.2 Å². The molecule has 3 aliphatic rings. The number of rotatable bonds is 5. The third-order valence-corrected chi connectivity index (χ3v) is 9.13. The molecule has 1 aliphatic carbocycles. The van der Waals surface area contributed by atoms with Crippen molar-refractivity contribution in [1.82, 2.24) is 4.57 Å². The molecule has 7 nitrogen and oxygen atoms in total. The van der Waals surface area contributed by atoms with E-state index in [2.05, 4.69) is 29.2 Å². The van der Waals surface area contributed by atoms with Gasteiger partial charge in [-0.05, 0) is 67.0 Å². The van der Waals surface area contributed by atoms with Gasteiger partial charge in [0.05, 0.1) is 30.5 Å². The Bertz CT molecular complexity index is 1810. The standard InChI is InChI=1S/C32H31N3O4S/c1-37-25-14-11-21(18-26(25)38-2)30-24-13-10-20-8-4-5-9-23(20)29(24)33-32-35(30)31(36)27(40-32)19-22-12-15-28(39-22)34-16-6-3-7-17-34/h4-5,8-9,11-12,14-15,18-19,30H,3,6-7,10,13,16-17H2,1-2H3/b27-19-. The van der Waals surface area contributed by atoms with Crippen molar-refractivity contribution in [3.05, 3.63) is 102 Å². The number of aromatic nitrogens is 1. The van der Waals surface area contributed by atoms with Crippen LogP contribution in [0.4, 0.5) is 5.88 Å². The Hall–Kier alpha value is -4.04. The fourth-order valence-corrected chi connectivity index (χ4v) is 7.16. The number of allylic oxidation sites excluding steroid dienone is 1. The van der Waals surface area contributed by atoms with Gasteiger partial charge in [0.1, 0.15) is 5.76 Å². The van der Waals surface area contributed by atoms with Crippen LogP contribution in [0.3, 0.4) is 0 Å². The van der Waals surface area contributed by atoms with Gasteiger partial charge in [0.25, 0.3) is 5.56 Å². The molecule has 0 amide bonds. The van der Waals surface area contributed by atoms with E-state index in [0.29, 0.717) is 26.6 Å². The normalized spacial score (nSPS) is 18.6. The first-order valence-corrected chi connectivity index (χ1v) is 14.7. The van der Waals surface area contributed by atoms with Crippen LogP contribution in [-0.4, -0.2) is 31.9 Å². The number of furan rings is 1. The predicted molar refractivity (Wildman–Crippen MR) is 157 cm³/mol. The smallest absolute Gasteiger partial charge is 0.271 e. The van der Waals surface area contributed by atoms with Crippen LogP contribution in [0, 0.1) is 0 Å². The third-order valence-electron chi connectivity index (χ3n) is 8.15. The summed E-state index contributed by atoms with van der Waals surface area (Å²) < 4.78 is 19.8. The molecule has 8 heteroatoms. The fourth-order valence-electron chi connectivity index (χ4n) is 6.18. The van der Waals surface area contributed by atoms with Crippen molar-refractivity contribution in [1.29, 1.82) is 0 Å². The zero-order valence-corrected chi connectivity index (χ0v) is 23.5. The monoisotopic (exact) mass is 553 g/mol. The largest absolute Gasteiger partial charge is 0.493 e. The van der Waals surface area contributed by atoms with Gasteiger partial charge < -0.3 is 18.8 Å². The second kappa shape index (κ2) is 10.2. The maximum atomic E-state index is 14.1. The topological polar surface area (TPSA) is 69.2 Å². The van der Waals surface area contributed by atoms with Crippen molar-refractivity contribution in [2.75, 3.05) is 32.2 Å². The number of anilines is 1. The van der Waals surface area contributed by atoms with Crippen LogP contribution < -0.4 is 29.3 Å². The number of ether oxygens (including phenoxy) is 2. The highest BCUT2D eigenvalue weighted by Crippen LogP contribution is 2.42. The van der Waals surface area contributed by atoms with Gasteiger partial charge in [-0.1, -0.05) is 41.7 Å². The van der Waals surface area contributed by atoms with Gasteiger partial charge in [-0.3, -0.25) is 9.36 Å². The van der Waals surface area contributed by atoms with Crippen molar-refractivity contribution in [2.45, 2.75) is 38.1 Å². The summed E-state index contributed by atoms with van der Waals surface area (Å²) in [5.74, 6) is 2.85. The van der Waals surface area contributed by atoms with E-state index in [1.54, 1.807) is 14.2 Å². The number of nitrogens with zero attached hydrogens (tertiary/aromatic N) is 3. The lowest BCUT2D eigenvalue weighted by molar-refractivity contribution is 0.354. The fraction of sp³-hybridized carbons (Fsp3) is 0.312. The SMILES string of the molecule is COc1ccc(C2C3=C(N=c4s/c(=C\c5ccc(N6CCCCC6)o5)c(=O)n42)c2ccccc2CC3)cc1OC. The van der Waals surface area contributed by atoms with Crippen LogP contribution in [0.2, 0.25) is 0 Å². The molecule has 0 spiro atoms. The van der Waals surface area contributed by atoms with Crippen molar-refractivity contribution in [3.8, 4) is 11.5 Å². The molecule has 7 rings (SSSR count). The van der Waals surface area contributed by atoms with E-state index < -0.39 is 0 Å². The molecule has 2 aromatic heterocycles. The first kappa shape index (κ1) is 25.0. The predicted octanol–water partition coefficient (Wildman–Crippen LogP) is 4.92. The molecule has 0 saturated carbocycles. The molecule has 0 N–H and O–H groups in total. The summed E-state index contributed by atoms with van der Waals surface area (Å²) in [6.07, 6.45) is 7.22. The van der Waals surface area contributed by atoms with Crippen molar-refractivity contribution in [3.63, 3.8) is 0 Å². The van der Waals surface area contributed by atoms with Crippen molar-refractivity contribution >= 4 is 29.0 Å². The molecule has 1 fully saturated rings. The lowest BCUT2D eigenvalue weighted by Crippen LogP contribution is -2.38. The highest BCUT2D eigenvalue weighted by molar-refractivity contribution is 7.07. The van der Waals surface area contributed by atoms with Gasteiger partial charge in [0.15, 0.2) is 22.2 Å². The first-order valence-electron chi connectivity index (χ1n) is 13.8. The van der Waals surface area contributed by atoms with Crippen LogP contribution >= 0.6 is 11.3 Å². The van der Waals surface area contributed by atoms with Gasteiger partial charge in [0, 0.05) is 30.8 Å². The molecule has 0 bridgehead atoms. The molecule has 2 aliphatic heterocycles. The molecule has 204 valence electrons. The van der Waals surface area contributed by atoms with Crippen LogP contribution in [0.25, 0.3) is 11.8 Å². The molecule has 1 atom stereocenters. The van der Waals surface area contributed by atoms with E-state index in [4.69, 9.17) is 18.9 Å². The Kier molecular flexibility index (Phi) is 6.35. The lowest BCUT2D eigenvalue weighted by Gasteiger charge is -2.31. The summed E-state index contributed by atoms with van der Waals surface area (Å²) in [6.45, 7) is 2.01. The average Bonchev–Trinajstić information content (AvgIpc) is 3.60. The summed E-state index contributed by atoms with van der Waals surface area (Å²) in [5.41, 5.74) is 5.46. The zero-order valence-electron chi connectivity index (χ0n) is 22.7. The van der Waals surface area contributed by atoms with E-state index in [1.807, 2.05) is 41.0 Å². The Morgan fingerprint density at radius 3 is 2.62 bits per heavy atom. The van der Waals surface area contributed by atoms with E-state index in [0.717, 1.165) is 54.2 Å². The molecule has 2 aromatic carbocycles. The van der Waals surface area contributed by atoms with Crippen molar-refractivity contribution < 1.29 is 13.9 Å². The molecular formula is C32H31N3O4S. The second-order valence-electron chi connectivity index (χ2n) is 10.5. The first-order chi connectivity index (χ1) is 19.6. The number of benzene rings is 2. The minimum Gasteiger partial charge on any atom is -0.493 e. The molecule has 4 heterocycles. The van der Waals surface area contributed by atoms with E-state index in [1.165, 1.54) is 36.2 Å². The molecule has 1 unspecified atom stereocenters. The molecule has 1 saturated heterocycles. The average molecular weight is 554 g/mol. The van der Waals surface area contributed by atoms with E-state index >= 15 is 0 Å². The van der Waals surface area contributed by atoms with Crippen LogP contribution in [-0.2, 0) is 6.42 Å². The lowest BCUT2D eigenvalue weighted by atomic mass is 9.83. The highest BCUT2D eigenvalue weighted by Gasteiger charge is 2.33. The molecule has 40 heavy (non-hydrogen) atoms. The molecule has 4 aromatic rings. The molecular weight excluding hydrogens is 522 g/mol. The van der Waals surface area contributed by atoms with Crippen LogP contribution in [0.15, 0.2) is 74.4 Å². The van der Waals surface area contributed by atoms with Crippen LogP contribution in [0.5, 0.6) is 11.5 Å². The number of fused-ring (bicyclic) bond motifs is 3. The third kappa shape index (κ3) is 4.18. The number of aryl methyl sites for hydroxylation is 1. The summed E-state index contributed by atoms with van der Waals surface area (Å²) in [4.78, 5) is 22.1. The number of piperidine rings is 1. The van der Waals surface area contributed by atoms with E-state index in [-0.39, 0.29) is 11.6 Å².